The average molecular weight is 166 g/mol. The molecule has 0 saturated carbocycles. The molecular weight excluding hydrogens is 156 g/mol. The summed E-state index contributed by atoms with van der Waals surface area (Å²) in [6.07, 6.45) is -0.375. The van der Waals surface area contributed by atoms with Crippen molar-refractivity contribution < 1.29 is 15.0 Å². The minimum atomic E-state index is -1.46. The fraction of sp³-hybridized carbons (Fsp3) is 0.222. The highest BCUT2D eigenvalue weighted by molar-refractivity contribution is 5.55. The van der Waals surface area contributed by atoms with E-state index in [0.29, 0.717) is 12.0 Å². The van der Waals surface area contributed by atoms with Crippen LogP contribution in [0.25, 0.3) is 0 Å². The third kappa shape index (κ3) is 2.15. The second-order valence-corrected chi connectivity index (χ2v) is 2.49. The summed E-state index contributed by atoms with van der Waals surface area (Å²) in [6, 6.07) is 6.64. The van der Waals surface area contributed by atoms with Gasteiger partial charge in [0.15, 0.2) is 6.29 Å². The van der Waals surface area contributed by atoms with Crippen molar-refractivity contribution in [3.05, 3.63) is 35.4 Å². The lowest BCUT2D eigenvalue weighted by Crippen LogP contribution is -1.96. The normalized spacial score (nSPS) is 10.2. The molecule has 1 rings (SSSR count). The summed E-state index contributed by atoms with van der Waals surface area (Å²) in [4.78, 5) is 10.1. The molecule has 2 N–H and O–H groups in total. The fourth-order valence-electron chi connectivity index (χ4n) is 0.977. The minimum Gasteiger partial charge on any atom is -0.364 e. The second kappa shape index (κ2) is 3.99. The van der Waals surface area contributed by atoms with Crippen LogP contribution in [0.15, 0.2) is 24.3 Å². The number of rotatable bonds is 3. The van der Waals surface area contributed by atoms with Gasteiger partial charge in [-0.25, -0.2) is 0 Å². The Balaban J connectivity index is 2.87. The van der Waals surface area contributed by atoms with Crippen LogP contribution in [0, 0.1) is 0 Å². The molecule has 0 aliphatic carbocycles. The highest BCUT2D eigenvalue weighted by Gasteiger charge is 2.01. The standard InChI is InChI=1S/C9H10O3/c10-5-4-7-2-1-3-8(6-7)9(11)12/h1-3,5-6,9,11-12H,4H2. The zero-order chi connectivity index (χ0) is 8.97. The van der Waals surface area contributed by atoms with Crippen molar-refractivity contribution in [2.45, 2.75) is 12.7 Å². The van der Waals surface area contributed by atoms with Gasteiger partial charge in [0.2, 0.25) is 0 Å². The van der Waals surface area contributed by atoms with E-state index in [0.717, 1.165) is 11.8 Å². The zero-order valence-electron chi connectivity index (χ0n) is 6.47. The Morgan fingerprint density at radius 2 is 2.17 bits per heavy atom. The van der Waals surface area contributed by atoms with Crippen molar-refractivity contribution in [1.82, 2.24) is 0 Å². The number of aldehydes is 1. The molecule has 64 valence electrons. The van der Waals surface area contributed by atoms with E-state index in [2.05, 4.69) is 0 Å². The van der Waals surface area contributed by atoms with E-state index < -0.39 is 6.29 Å². The van der Waals surface area contributed by atoms with Gasteiger partial charge in [-0.15, -0.1) is 0 Å². The van der Waals surface area contributed by atoms with Gasteiger partial charge in [0, 0.05) is 12.0 Å². The van der Waals surface area contributed by atoms with Crippen molar-refractivity contribution in [2.75, 3.05) is 0 Å². The average Bonchev–Trinajstić information content (AvgIpc) is 2.05. The zero-order valence-corrected chi connectivity index (χ0v) is 6.47. The van der Waals surface area contributed by atoms with E-state index in [1.54, 1.807) is 24.3 Å². The summed E-state index contributed by atoms with van der Waals surface area (Å²) in [5.41, 5.74) is 1.20. The van der Waals surface area contributed by atoms with Crippen LogP contribution < -0.4 is 0 Å². The van der Waals surface area contributed by atoms with Crippen LogP contribution in [0.1, 0.15) is 17.4 Å². The lowest BCUT2D eigenvalue weighted by molar-refractivity contribution is -0.107. The number of carbonyl (C=O) groups excluding carboxylic acids is 1. The maximum atomic E-state index is 10.1. The van der Waals surface area contributed by atoms with Crippen LogP contribution in [0.5, 0.6) is 0 Å². The van der Waals surface area contributed by atoms with E-state index in [1.165, 1.54) is 0 Å². The number of hydrogen-bond acceptors (Lipinski definition) is 3. The van der Waals surface area contributed by atoms with Crippen LogP contribution in [0.3, 0.4) is 0 Å². The number of aliphatic hydroxyl groups excluding tert-OH is 1. The SMILES string of the molecule is O=CCc1cccc(C(O)O)c1. The van der Waals surface area contributed by atoms with Gasteiger partial charge in [-0.05, 0) is 5.56 Å². The second-order valence-electron chi connectivity index (χ2n) is 2.49. The molecule has 0 saturated heterocycles. The van der Waals surface area contributed by atoms with E-state index in [-0.39, 0.29) is 0 Å². The molecule has 1 aromatic carbocycles. The van der Waals surface area contributed by atoms with Gasteiger partial charge >= 0.3 is 0 Å². The van der Waals surface area contributed by atoms with Crippen molar-refractivity contribution >= 4 is 6.29 Å². The van der Waals surface area contributed by atoms with Gasteiger partial charge < -0.3 is 15.0 Å². The predicted molar refractivity (Wildman–Crippen MR) is 43.4 cm³/mol. The number of aliphatic hydroxyl groups is 2. The Morgan fingerprint density at radius 3 is 2.75 bits per heavy atom. The molecule has 0 aliphatic rings. The van der Waals surface area contributed by atoms with Crippen LogP contribution >= 0.6 is 0 Å². The minimum absolute atomic E-state index is 0.306. The molecule has 0 aromatic heterocycles. The number of carbonyl (C=O) groups is 1. The molecule has 0 unspecified atom stereocenters. The van der Waals surface area contributed by atoms with Gasteiger partial charge in [-0.2, -0.15) is 0 Å². The molecule has 0 fully saturated rings. The largest absolute Gasteiger partial charge is 0.364 e. The maximum absolute atomic E-state index is 10.1. The Labute approximate surface area is 70.3 Å². The van der Waals surface area contributed by atoms with E-state index >= 15 is 0 Å². The van der Waals surface area contributed by atoms with Crippen molar-refractivity contribution in [3.63, 3.8) is 0 Å². The van der Waals surface area contributed by atoms with Crippen LogP contribution in [0.2, 0.25) is 0 Å². The van der Waals surface area contributed by atoms with Gasteiger partial charge in [0.25, 0.3) is 0 Å². The van der Waals surface area contributed by atoms with Crippen LogP contribution in [-0.2, 0) is 11.2 Å². The third-order valence-corrected chi connectivity index (χ3v) is 1.57. The molecule has 3 heteroatoms. The Bertz CT molecular complexity index is 268. The van der Waals surface area contributed by atoms with Gasteiger partial charge in [-0.1, -0.05) is 24.3 Å². The number of hydrogen-bond donors (Lipinski definition) is 2. The summed E-state index contributed by atoms with van der Waals surface area (Å²) >= 11 is 0. The molecule has 0 atom stereocenters. The van der Waals surface area contributed by atoms with Gasteiger partial charge in [0.1, 0.15) is 6.29 Å². The molecule has 1 aromatic rings. The van der Waals surface area contributed by atoms with Crippen LogP contribution in [-0.4, -0.2) is 16.5 Å². The topological polar surface area (TPSA) is 57.5 Å². The predicted octanol–water partition coefficient (Wildman–Crippen LogP) is 0.411. The molecule has 0 spiro atoms. The van der Waals surface area contributed by atoms with Gasteiger partial charge in [-0.3, -0.25) is 0 Å². The molecular formula is C9H10O3. The molecule has 0 aliphatic heterocycles. The highest BCUT2D eigenvalue weighted by atomic mass is 16.5. The Hall–Kier alpha value is -1.19. The van der Waals surface area contributed by atoms with Crippen molar-refractivity contribution in [3.8, 4) is 0 Å². The van der Waals surface area contributed by atoms with E-state index in [4.69, 9.17) is 10.2 Å². The van der Waals surface area contributed by atoms with E-state index in [9.17, 15) is 4.79 Å². The molecule has 12 heavy (non-hydrogen) atoms. The highest BCUT2D eigenvalue weighted by Crippen LogP contribution is 2.11. The maximum Gasteiger partial charge on any atom is 0.178 e. The first-order valence-electron chi connectivity index (χ1n) is 3.62. The summed E-state index contributed by atoms with van der Waals surface area (Å²) in [7, 11) is 0. The monoisotopic (exact) mass is 166 g/mol. The molecule has 0 heterocycles. The Kier molecular flexibility index (Phi) is 2.96. The quantitative estimate of drug-likeness (QED) is 0.505. The van der Waals surface area contributed by atoms with Crippen LogP contribution in [0.4, 0.5) is 0 Å². The van der Waals surface area contributed by atoms with Gasteiger partial charge in [0.05, 0.1) is 0 Å². The fourth-order valence-corrected chi connectivity index (χ4v) is 0.977. The molecule has 0 radical (unpaired) electrons. The van der Waals surface area contributed by atoms with Crippen molar-refractivity contribution in [2.24, 2.45) is 0 Å². The third-order valence-electron chi connectivity index (χ3n) is 1.57. The van der Waals surface area contributed by atoms with E-state index in [1.807, 2.05) is 0 Å². The number of benzene rings is 1. The first-order valence-corrected chi connectivity index (χ1v) is 3.62. The van der Waals surface area contributed by atoms with Crippen molar-refractivity contribution in [1.29, 1.82) is 0 Å². The Morgan fingerprint density at radius 1 is 1.42 bits per heavy atom. The summed E-state index contributed by atoms with van der Waals surface area (Å²) < 4.78 is 0. The first-order chi connectivity index (χ1) is 5.74. The smallest absolute Gasteiger partial charge is 0.178 e. The molecule has 0 bridgehead atoms. The molecule has 3 nitrogen and oxygen atoms in total. The molecule has 0 amide bonds. The summed E-state index contributed by atoms with van der Waals surface area (Å²) in [5.74, 6) is 0. The first kappa shape index (κ1) is 8.90. The summed E-state index contributed by atoms with van der Waals surface area (Å²) in [6.45, 7) is 0. The lowest BCUT2D eigenvalue weighted by Gasteiger charge is -2.04. The lowest BCUT2D eigenvalue weighted by atomic mass is 10.1. The summed E-state index contributed by atoms with van der Waals surface area (Å²) in [5, 5.41) is 17.6.